The number of fused-ring (bicyclic) bond motifs is 1. The van der Waals surface area contributed by atoms with Gasteiger partial charge in [-0.15, -0.1) is 0 Å². The van der Waals surface area contributed by atoms with Crippen molar-refractivity contribution in [3.8, 4) is 17.6 Å². The second-order valence-electron chi connectivity index (χ2n) is 5.96. The van der Waals surface area contributed by atoms with E-state index in [1.54, 1.807) is 6.07 Å². The Bertz CT molecular complexity index is 1030. The van der Waals surface area contributed by atoms with Crippen LogP contribution in [0.1, 0.15) is 23.1 Å². The Labute approximate surface area is 162 Å². The van der Waals surface area contributed by atoms with Crippen molar-refractivity contribution in [3.05, 3.63) is 69.5 Å². The first-order valence-electron chi connectivity index (χ1n) is 7.92. The third-order valence-electron chi connectivity index (χ3n) is 3.83. The lowest BCUT2D eigenvalue weighted by Crippen LogP contribution is -2.32. The number of hydrogen-bond acceptors (Lipinski definition) is 2. The highest BCUT2D eigenvalue weighted by atomic mass is 35.5. The SMILES string of the molecule is O=C(O)C1=Cc2cc(Cl)cc(C#Cc3cccc(F)c3)c2OC1CC(F)(F)F. The first kappa shape index (κ1) is 19.8. The third-order valence-corrected chi connectivity index (χ3v) is 4.05. The van der Waals surface area contributed by atoms with Gasteiger partial charge in [-0.3, -0.25) is 0 Å². The van der Waals surface area contributed by atoms with Gasteiger partial charge in [-0.1, -0.05) is 29.5 Å². The number of carboxylic acid groups (broad SMARTS) is 1. The Hall–Kier alpha value is -2.98. The standard InChI is InChI=1S/C20H11ClF4O3/c21-14-7-12(5-4-11-2-1-3-15(22)6-11)18-13(8-14)9-16(19(26)27)17(28-18)10-20(23,24)25/h1-3,6-9,17H,10H2,(H,26,27). The fraction of sp³-hybridized carbons (Fsp3) is 0.150. The summed E-state index contributed by atoms with van der Waals surface area (Å²) in [7, 11) is 0. The summed E-state index contributed by atoms with van der Waals surface area (Å²) in [5, 5.41) is 9.43. The normalized spacial score (nSPS) is 15.6. The van der Waals surface area contributed by atoms with Gasteiger partial charge in [0.15, 0.2) is 0 Å². The molecule has 1 heterocycles. The number of carbonyl (C=O) groups is 1. The molecule has 144 valence electrons. The minimum atomic E-state index is -4.63. The van der Waals surface area contributed by atoms with Crippen LogP contribution in [0.4, 0.5) is 17.6 Å². The van der Waals surface area contributed by atoms with Gasteiger partial charge in [0.1, 0.15) is 17.7 Å². The molecule has 8 heteroatoms. The van der Waals surface area contributed by atoms with Crippen molar-refractivity contribution in [2.75, 3.05) is 0 Å². The molecule has 3 rings (SSSR count). The van der Waals surface area contributed by atoms with Gasteiger partial charge in [-0.05, 0) is 36.4 Å². The number of alkyl halides is 3. The minimum absolute atomic E-state index is 0.00690. The van der Waals surface area contributed by atoms with Crippen LogP contribution in [0.15, 0.2) is 42.0 Å². The van der Waals surface area contributed by atoms with Gasteiger partial charge in [0.05, 0.1) is 17.6 Å². The van der Waals surface area contributed by atoms with Crippen molar-refractivity contribution in [2.45, 2.75) is 18.7 Å². The molecule has 0 amide bonds. The number of aliphatic carboxylic acids is 1. The topological polar surface area (TPSA) is 46.5 Å². The molecule has 2 aromatic carbocycles. The van der Waals surface area contributed by atoms with E-state index < -0.39 is 36.1 Å². The zero-order valence-corrected chi connectivity index (χ0v) is 14.7. The summed E-state index contributed by atoms with van der Waals surface area (Å²) < 4.78 is 57.2. The molecule has 0 saturated heterocycles. The third kappa shape index (κ3) is 4.65. The Morgan fingerprint density at radius 2 is 1.96 bits per heavy atom. The number of rotatable bonds is 2. The van der Waals surface area contributed by atoms with Crippen LogP contribution in [-0.2, 0) is 4.79 Å². The summed E-state index contributed by atoms with van der Waals surface area (Å²) in [6.45, 7) is 0. The summed E-state index contributed by atoms with van der Waals surface area (Å²) >= 11 is 6.02. The summed E-state index contributed by atoms with van der Waals surface area (Å²) in [6, 6.07) is 8.22. The molecular weight excluding hydrogens is 400 g/mol. The molecule has 28 heavy (non-hydrogen) atoms. The first-order chi connectivity index (χ1) is 13.1. The van der Waals surface area contributed by atoms with Crippen LogP contribution < -0.4 is 4.74 Å². The number of hydrogen-bond donors (Lipinski definition) is 1. The van der Waals surface area contributed by atoms with E-state index in [2.05, 4.69) is 11.8 Å². The maximum absolute atomic E-state index is 13.3. The zero-order valence-electron chi connectivity index (χ0n) is 14.0. The minimum Gasteiger partial charge on any atom is -0.483 e. The van der Waals surface area contributed by atoms with Crippen LogP contribution in [0.25, 0.3) is 6.08 Å². The molecule has 1 N–H and O–H groups in total. The average molecular weight is 411 g/mol. The van der Waals surface area contributed by atoms with E-state index >= 15 is 0 Å². The monoisotopic (exact) mass is 410 g/mol. The second kappa shape index (κ2) is 7.56. The zero-order chi connectivity index (χ0) is 20.5. The molecule has 0 aromatic heterocycles. The Morgan fingerprint density at radius 1 is 1.21 bits per heavy atom. The number of halogens is 5. The van der Waals surface area contributed by atoms with Crippen LogP contribution in [0.5, 0.6) is 5.75 Å². The van der Waals surface area contributed by atoms with Crippen LogP contribution >= 0.6 is 11.6 Å². The van der Waals surface area contributed by atoms with Crippen LogP contribution in [-0.4, -0.2) is 23.4 Å². The Kier molecular flexibility index (Phi) is 5.34. The predicted molar refractivity (Wildman–Crippen MR) is 94.5 cm³/mol. The number of carboxylic acids is 1. The molecule has 2 aromatic rings. The Morgan fingerprint density at radius 3 is 2.61 bits per heavy atom. The van der Waals surface area contributed by atoms with E-state index in [0.717, 1.165) is 6.08 Å². The largest absolute Gasteiger partial charge is 0.483 e. The van der Waals surface area contributed by atoms with E-state index in [1.165, 1.54) is 30.3 Å². The second-order valence-corrected chi connectivity index (χ2v) is 6.40. The van der Waals surface area contributed by atoms with E-state index in [4.69, 9.17) is 16.3 Å². The van der Waals surface area contributed by atoms with Crippen molar-refractivity contribution in [2.24, 2.45) is 0 Å². The summed E-state index contributed by atoms with van der Waals surface area (Å²) in [6.07, 6.45) is -6.72. The average Bonchev–Trinajstić information content (AvgIpc) is 2.58. The fourth-order valence-electron chi connectivity index (χ4n) is 2.68. The molecule has 0 fully saturated rings. The number of benzene rings is 2. The summed E-state index contributed by atoms with van der Waals surface area (Å²) in [5.41, 5.74) is 0.181. The van der Waals surface area contributed by atoms with Gasteiger partial charge in [0.2, 0.25) is 0 Å². The molecule has 1 aliphatic rings. The summed E-state index contributed by atoms with van der Waals surface area (Å²) in [5.74, 6) is 3.37. The lowest BCUT2D eigenvalue weighted by molar-refractivity contribution is -0.150. The molecule has 3 nitrogen and oxygen atoms in total. The highest BCUT2D eigenvalue weighted by Gasteiger charge is 2.39. The van der Waals surface area contributed by atoms with Gasteiger partial charge in [0.25, 0.3) is 0 Å². The van der Waals surface area contributed by atoms with Crippen molar-refractivity contribution in [3.63, 3.8) is 0 Å². The maximum atomic E-state index is 13.3. The summed E-state index contributed by atoms with van der Waals surface area (Å²) in [4.78, 5) is 11.4. The van der Waals surface area contributed by atoms with E-state index in [1.807, 2.05) is 0 Å². The lowest BCUT2D eigenvalue weighted by atomic mass is 9.97. The lowest BCUT2D eigenvalue weighted by Gasteiger charge is -2.27. The Balaban J connectivity index is 2.07. The van der Waals surface area contributed by atoms with Crippen LogP contribution in [0.3, 0.4) is 0 Å². The van der Waals surface area contributed by atoms with Crippen molar-refractivity contribution >= 4 is 23.6 Å². The van der Waals surface area contributed by atoms with Crippen molar-refractivity contribution < 1.29 is 32.2 Å². The van der Waals surface area contributed by atoms with E-state index in [-0.39, 0.29) is 21.9 Å². The molecule has 1 atom stereocenters. The van der Waals surface area contributed by atoms with Crippen molar-refractivity contribution in [1.82, 2.24) is 0 Å². The smallest absolute Gasteiger partial charge is 0.392 e. The maximum Gasteiger partial charge on any atom is 0.392 e. The van der Waals surface area contributed by atoms with Crippen LogP contribution in [0, 0.1) is 17.7 Å². The van der Waals surface area contributed by atoms with Crippen molar-refractivity contribution in [1.29, 1.82) is 0 Å². The quantitative estimate of drug-likeness (QED) is 0.556. The van der Waals surface area contributed by atoms with Gasteiger partial charge >= 0.3 is 12.1 Å². The van der Waals surface area contributed by atoms with Crippen LogP contribution in [0.2, 0.25) is 5.02 Å². The van der Waals surface area contributed by atoms with Gasteiger partial charge in [0, 0.05) is 16.1 Å². The molecular formula is C20H11ClF4O3. The highest BCUT2D eigenvalue weighted by Crippen LogP contribution is 2.38. The van der Waals surface area contributed by atoms with E-state index in [0.29, 0.717) is 5.56 Å². The predicted octanol–water partition coefficient (Wildman–Crippen LogP) is 5.06. The molecule has 0 spiro atoms. The molecule has 1 aliphatic heterocycles. The first-order valence-corrected chi connectivity index (χ1v) is 8.29. The fourth-order valence-corrected chi connectivity index (χ4v) is 2.91. The highest BCUT2D eigenvalue weighted by molar-refractivity contribution is 6.31. The molecule has 1 unspecified atom stereocenters. The number of ether oxygens (including phenoxy) is 1. The molecule has 0 radical (unpaired) electrons. The van der Waals surface area contributed by atoms with E-state index in [9.17, 15) is 27.5 Å². The van der Waals surface area contributed by atoms with Gasteiger partial charge in [-0.25, -0.2) is 9.18 Å². The van der Waals surface area contributed by atoms with Gasteiger partial charge in [-0.2, -0.15) is 13.2 Å². The molecule has 0 bridgehead atoms. The van der Waals surface area contributed by atoms with Gasteiger partial charge < -0.3 is 9.84 Å². The molecule has 0 aliphatic carbocycles. The molecule has 0 saturated carbocycles.